The molecule has 0 aliphatic carbocycles. The van der Waals surface area contributed by atoms with E-state index in [0.29, 0.717) is 0 Å². The zero-order valence-corrected chi connectivity index (χ0v) is 14.3. The Morgan fingerprint density at radius 3 is 2.31 bits per heavy atom. The predicted octanol–water partition coefficient (Wildman–Crippen LogP) is 4.95. The summed E-state index contributed by atoms with van der Waals surface area (Å²) in [6.07, 6.45) is 2.16. The zero-order chi connectivity index (χ0) is 17.5. The number of rotatable bonds is 3. The van der Waals surface area contributed by atoms with Gasteiger partial charge in [-0.25, -0.2) is 4.98 Å². The fraction of sp³-hybridized carbons (Fsp3) is 0.0455. The molecule has 0 unspecified atom stereocenters. The molecule has 2 aromatic heterocycles. The molecule has 26 heavy (non-hydrogen) atoms. The highest BCUT2D eigenvalue weighted by Crippen LogP contribution is 2.30. The number of aromatic nitrogens is 3. The smallest absolute Gasteiger partial charge is 0.220 e. The van der Waals surface area contributed by atoms with Crippen molar-refractivity contribution in [2.75, 3.05) is 7.11 Å². The fourth-order valence-electron chi connectivity index (χ4n) is 3.40. The lowest BCUT2D eigenvalue weighted by atomic mass is 10.1. The molecule has 5 rings (SSSR count). The SMILES string of the molecule is COc1ccc(-n2c(-c3ccccc3)cn3c4ccccc4nc23)cc1. The van der Waals surface area contributed by atoms with Crippen molar-refractivity contribution in [3.05, 3.63) is 85.1 Å². The van der Waals surface area contributed by atoms with E-state index in [0.717, 1.165) is 39.5 Å². The Bertz CT molecular complexity index is 1200. The lowest BCUT2D eigenvalue weighted by molar-refractivity contribution is 0.415. The Balaban J connectivity index is 1.85. The van der Waals surface area contributed by atoms with Gasteiger partial charge in [-0.15, -0.1) is 0 Å². The first kappa shape index (κ1) is 14.8. The molecule has 4 heteroatoms. The van der Waals surface area contributed by atoms with Crippen LogP contribution in [0.25, 0.3) is 33.8 Å². The Morgan fingerprint density at radius 2 is 1.54 bits per heavy atom. The number of fused-ring (bicyclic) bond motifs is 3. The van der Waals surface area contributed by atoms with Crippen molar-refractivity contribution in [2.24, 2.45) is 0 Å². The van der Waals surface area contributed by atoms with Crippen LogP contribution in [-0.4, -0.2) is 21.1 Å². The molecule has 126 valence electrons. The predicted molar refractivity (Wildman–Crippen MR) is 104 cm³/mol. The second-order valence-corrected chi connectivity index (χ2v) is 6.18. The van der Waals surface area contributed by atoms with Crippen molar-refractivity contribution in [3.8, 4) is 22.7 Å². The van der Waals surface area contributed by atoms with E-state index in [4.69, 9.17) is 9.72 Å². The van der Waals surface area contributed by atoms with Crippen LogP contribution in [0.5, 0.6) is 5.75 Å². The van der Waals surface area contributed by atoms with Gasteiger partial charge < -0.3 is 4.74 Å². The normalized spacial score (nSPS) is 11.3. The van der Waals surface area contributed by atoms with Gasteiger partial charge in [-0.2, -0.15) is 0 Å². The van der Waals surface area contributed by atoms with Crippen LogP contribution in [0.4, 0.5) is 0 Å². The van der Waals surface area contributed by atoms with E-state index in [1.165, 1.54) is 0 Å². The molecule has 3 aromatic carbocycles. The summed E-state index contributed by atoms with van der Waals surface area (Å²) in [5, 5.41) is 0. The van der Waals surface area contributed by atoms with Crippen molar-refractivity contribution in [1.82, 2.24) is 14.0 Å². The monoisotopic (exact) mass is 339 g/mol. The molecule has 0 N–H and O–H groups in total. The lowest BCUT2D eigenvalue weighted by Gasteiger charge is -2.10. The standard InChI is InChI=1S/C22H17N3O/c1-26-18-13-11-17(12-14-18)25-21(16-7-3-2-4-8-16)15-24-20-10-6-5-9-19(20)23-22(24)25/h2-15H,1H3. The summed E-state index contributed by atoms with van der Waals surface area (Å²) in [5.74, 6) is 1.74. The van der Waals surface area contributed by atoms with Crippen LogP contribution < -0.4 is 4.74 Å². The number of ether oxygens (including phenoxy) is 1. The second-order valence-electron chi connectivity index (χ2n) is 6.18. The minimum absolute atomic E-state index is 0.840. The average molecular weight is 339 g/mol. The van der Waals surface area contributed by atoms with Crippen LogP contribution in [-0.2, 0) is 0 Å². The van der Waals surface area contributed by atoms with Gasteiger partial charge in [0.1, 0.15) is 5.75 Å². The maximum Gasteiger partial charge on any atom is 0.220 e. The Kier molecular flexibility index (Phi) is 3.28. The van der Waals surface area contributed by atoms with Crippen LogP contribution in [0.1, 0.15) is 0 Å². The number of nitrogens with zero attached hydrogens (tertiary/aromatic N) is 3. The maximum atomic E-state index is 5.31. The highest BCUT2D eigenvalue weighted by molar-refractivity contribution is 5.82. The molecule has 5 aromatic rings. The summed E-state index contributed by atoms with van der Waals surface area (Å²) in [6, 6.07) is 26.7. The van der Waals surface area contributed by atoms with E-state index >= 15 is 0 Å². The van der Waals surface area contributed by atoms with Gasteiger partial charge in [0.25, 0.3) is 0 Å². The number of hydrogen-bond acceptors (Lipinski definition) is 2. The molecular formula is C22H17N3O. The van der Waals surface area contributed by atoms with Gasteiger partial charge in [-0.3, -0.25) is 8.97 Å². The minimum atomic E-state index is 0.840. The summed E-state index contributed by atoms with van der Waals surface area (Å²) in [6.45, 7) is 0. The van der Waals surface area contributed by atoms with E-state index in [9.17, 15) is 0 Å². The van der Waals surface area contributed by atoms with Gasteiger partial charge >= 0.3 is 0 Å². The highest BCUT2D eigenvalue weighted by atomic mass is 16.5. The first-order chi connectivity index (χ1) is 12.8. The summed E-state index contributed by atoms with van der Waals surface area (Å²) in [4.78, 5) is 4.87. The van der Waals surface area contributed by atoms with Gasteiger partial charge in [0.05, 0.1) is 23.8 Å². The van der Waals surface area contributed by atoms with Gasteiger partial charge in [-0.05, 0) is 36.4 Å². The van der Waals surface area contributed by atoms with Gasteiger partial charge in [0.15, 0.2) is 0 Å². The van der Waals surface area contributed by atoms with E-state index in [-0.39, 0.29) is 0 Å². The van der Waals surface area contributed by atoms with Crippen LogP contribution in [0.15, 0.2) is 85.1 Å². The fourth-order valence-corrected chi connectivity index (χ4v) is 3.40. The first-order valence-corrected chi connectivity index (χ1v) is 8.53. The molecule has 0 atom stereocenters. The molecule has 0 saturated heterocycles. The maximum absolute atomic E-state index is 5.31. The van der Waals surface area contributed by atoms with E-state index < -0.39 is 0 Å². The third-order valence-electron chi connectivity index (χ3n) is 4.67. The van der Waals surface area contributed by atoms with Gasteiger partial charge in [0.2, 0.25) is 5.78 Å². The number of methoxy groups -OCH3 is 1. The third-order valence-corrected chi connectivity index (χ3v) is 4.67. The number of hydrogen-bond donors (Lipinski definition) is 0. The summed E-state index contributed by atoms with van der Waals surface area (Å²) in [7, 11) is 1.68. The average Bonchev–Trinajstić information content (AvgIpc) is 3.25. The Labute approximate surface area is 150 Å². The molecule has 0 aliphatic rings. The lowest BCUT2D eigenvalue weighted by Crippen LogP contribution is -1.98. The minimum Gasteiger partial charge on any atom is -0.497 e. The Morgan fingerprint density at radius 1 is 0.808 bits per heavy atom. The highest BCUT2D eigenvalue weighted by Gasteiger charge is 2.16. The van der Waals surface area contributed by atoms with Crippen molar-refractivity contribution in [2.45, 2.75) is 0 Å². The molecule has 0 saturated carbocycles. The zero-order valence-electron chi connectivity index (χ0n) is 14.3. The van der Waals surface area contributed by atoms with Crippen molar-refractivity contribution in [3.63, 3.8) is 0 Å². The summed E-state index contributed by atoms with van der Waals surface area (Å²) in [5.41, 5.74) is 5.40. The topological polar surface area (TPSA) is 31.5 Å². The molecule has 0 fully saturated rings. The largest absolute Gasteiger partial charge is 0.497 e. The van der Waals surface area contributed by atoms with Gasteiger partial charge in [-0.1, -0.05) is 42.5 Å². The molecule has 0 aliphatic heterocycles. The molecule has 4 nitrogen and oxygen atoms in total. The second kappa shape index (κ2) is 5.77. The molecule has 0 bridgehead atoms. The van der Waals surface area contributed by atoms with Gasteiger partial charge in [0, 0.05) is 17.4 Å². The summed E-state index contributed by atoms with van der Waals surface area (Å²) < 4.78 is 9.65. The summed E-state index contributed by atoms with van der Waals surface area (Å²) >= 11 is 0. The van der Waals surface area contributed by atoms with Crippen LogP contribution in [0.2, 0.25) is 0 Å². The number of para-hydroxylation sites is 2. The number of benzene rings is 3. The van der Waals surface area contributed by atoms with Crippen molar-refractivity contribution >= 4 is 16.8 Å². The van der Waals surface area contributed by atoms with Crippen LogP contribution in [0.3, 0.4) is 0 Å². The van der Waals surface area contributed by atoms with E-state index in [1.807, 2.05) is 36.4 Å². The quantitative estimate of drug-likeness (QED) is 0.465. The van der Waals surface area contributed by atoms with Crippen LogP contribution in [0, 0.1) is 0 Å². The molecule has 0 amide bonds. The molecule has 0 radical (unpaired) electrons. The van der Waals surface area contributed by atoms with Crippen molar-refractivity contribution < 1.29 is 4.74 Å². The van der Waals surface area contributed by atoms with Crippen molar-refractivity contribution in [1.29, 1.82) is 0 Å². The Hall–Kier alpha value is -3.53. The third kappa shape index (κ3) is 2.19. The molecular weight excluding hydrogens is 322 g/mol. The van der Waals surface area contributed by atoms with E-state index in [2.05, 4.69) is 57.6 Å². The van der Waals surface area contributed by atoms with Crippen LogP contribution >= 0.6 is 0 Å². The van der Waals surface area contributed by atoms with E-state index in [1.54, 1.807) is 7.11 Å². The number of imidazole rings is 2. The first-order valence-electron chi connectivity index (χ1n) is 8.53. The molecule has 0 spiro atoms. The molecule has 2 heterocycles.